The Morgan fingerprint density at radius 2 is 1.88 bits per heavy atom. The van der Waals surface area contributed by atoms with E-state index in [-0.39, 0.29) is 42.6 Å². The van der Waals surface area contributed by atoms with Crippen molar-refractivity contribution in [2.45, 2.75) is 12.8 Å². The van der Waals surface area contributed by atoms with Crippen LogP contribution in [0.5, 0.6) is 0 Å². The molecule has 0 bridgehead atoms. The van der Waals surface area contributed by atoms with Gasteiger partial charge < -0.3 is 10.3 Å². The standard InChI is InChI=1S/C23H19ClN4O4S/c24-15-7-5-14(6-8-15)13-18-22(31)28(23(32)33-18)12-11-25-20(29)10-9-19-26-17-4-2-1-3-16(17)21(30)27-19/h1-8,13H,9-12H2,(H,25,29)(H,26,27,30)/b18-13-. The molecule has 3 amide bonds. The molecule has 1 saturated heterocycles. The first kappa shape index (κ1) is 22.8. The van der Waals surface area contributed by atoms with Gasteiger partial charge in [-0.3, -0.25) is 24.1 Å². The molecule has 4 rings (SSSR count). The molecule has 2 aromatic carbocycles. The van der Waals surface area contributed by atoms with Crippen molar-refractivity contribution in [3.05, 3.63) is 80.2 Å². The molecule has 3 aromatic rings. The van der Waals surface area contributed by atoms with Crippen LogP contribution in [-0.2, 0) is 16.0 Å². The molecule has 0 unspecified atom stereocenters. The third-order valence-electron chi connectivity index (χ3n) is 4.95. The van der Waals surface area contributed by atoms with Gasteiger partial charge in [0.25, 0.3) is 16.7 Å². The minimum absolute atomic E-state index is 0.0689. The lowest BCUT2D eigenvalue weighted by molar-refractivity contribution is -0.124. The van der Waals surface area contributed by atoms with E-state index in [1.165, 1.54) is 0 Å². The normalized spacial score (nSPS) is 14.9. The Kier molecular flexibility index (Phi) is 6.90. The molecule has 0 aliphatic carbocycles. The van der Waals surface area contributed by atoms with Crippen molar-refractivity contribution in [2.75, 3.05) is 13.1 Å². The molecule has 2 N–H and O–H groups in total. The first-order valence-corrected chi connectivity index (χ1v) is 11.4. The summed E-state index contributed by atoms with van der Waals surface area (Å²) in [4.78, 5) is 57.5. The third-order valence-corrected chi connectivity index (χ3v) is 6.11. The lowest BCUT2D eigenvalue weighted by Crippen LogP contribution is -2.37. The molecule has 1 aliphatic rings. The topological polar surface area (TPSA) is 112 Å². The number of para-hydroxylation sites is 1. The van der Waals surface area contributed by atoms with Crippen molar-refractivity contribution in [1.29, 1.82) is 0 Å². The number of fused-ring (bicyclic) bond motifs is 1. The molecule has 0 atom stereocenters. The second-order valence-electron chi connectivity index (χ2n) is 7.26. The van der Waals surface area contributed by atoms with Gasteiger partial charge in [0, 0.05) is 31.0 Å². The predicted molar refractivity (Wildman–Crippen MR) is 128 cm³/mol. The summed E-state index contributed by atoms with van der Waals surface area (Å²) in [6, 6.07) is 13.9. The number of aryl methyl sites for hydroxylation is 1. The van der Waals surface area contributed by atoms with Gasteiger partial charge in [-0.25, -0.2) is 4.98 Å². The fourth-order valence-corrected chi connectivity index (χ4v) is 4.27. The van der Waals surface area contributed by atoms with E-state index >= 15 is 0 Å². The number of nitrogens with zero attached hydrogens (tertiary/aromatic N) is 2. The lowest BCUT2D eigenvalue weighted by Gasteiger charge is -2.13. The largest absolute Gasteiger partial charge is 0.354 e. The van der Waals surface area contributed by atoms with Crippen LogP contribution in [-0.4, -0.2) is 45.0 Å². The summed E-state index contributed by atoms with van der Waals surface area (Å²) in [5.41, 5.74) is 1.09. The molecule has 1 aliphatic heterocycles. The van der Waals surface area contributed by atoms with E-state index in [2.05, 4.69) is 15.3 Å². The molecule has 168 valence electrons. The van der Waals surface area contributed by atoms with Gasteiger partial charge in [-0.15, -0.1) is 0 Å². The number of benzene rings is 2. The van der Waals surface area contributed by atoms with Crippen LogP contribution < -0.4 is 10.9 Å². The summed E-state index contributed by atoms with van der Waals surface area (Å²) in [7, 11) is 0. The zero-order valence-electron chi connectivity index (χ0n) is 17.3. The van der Waals surface area contributed by atoms with E-state index < -0.39 is 5.91 Å². The summed E-state index contributed by atoms with van der Waals surface area (Å²) in [6.07, 6.45) is 2.01. The molecule has 1 aromatic heterocycles. The van der Waals surface area contributed by atoms with Gasteiger partial charge in [0.15, 0.2) is 0 Å². The fraction of sp³-hybridized carbons (Fsp3) is 0.174. The number of carbonyl (C=O) groups excluding carboxylic acids is 3. The van der Waals surface area contributed by atoms with Gasteiger partial charge in [0.05, 0.1) is 15.8 Å². The van der Waals surface area contributed by atoms with Crippen LogP contribution in [0.25, 0.3) is 17.0 Å². The summed E-state index contributed by atoms with van der Waals surface area (Å²) in [6.45, 7) is 0.201. The van der Waals surface area contributed by atoms with Crippen LogP contribution >= 0.6 is 23.4 Å². The van der Waals surface area contributed by atoms with Crippen LogP contribution in [0.4, 0.5) is 4.79 Å². The molecule has 2 heterocycles. The SMILES string of the molecule is O=C(CCc1nc2ccccc2c(=O)[nH]1)NCCN1C(=O)S/C(=C\c2ccc(Cl)cc2)C1=O. The Bertz CT molecular complexity index is 1320. The quantitative estimate of drug-likeness (QED) is 0.499. The Hall–Kier alpha value is -3.43. The summed E-state index contributed by atoms with van der Waals surface area (Å²) in [5.74, 6) is -0.242. The van der Waals surface area contributed by atoms with E-state index in [9.17, 15) is 19.2 Å². The zero-order chi connectivity index (χ0) is 23.4. The number of thioether (sulfide) groups is 1. The third kappa shape index (κ3) is 5.50. The van der Waals surface area contributed by atoms with Crippen LogP contribution in [0.3, 0.4) is 0 Å². The van der Waals surface area contributed by atoms with Crippen LogP contribution in [0, 0.1) is 0 Å². The Morgan fingerprint density at radius 3 is 2.67 bits per heavy atom. The van der Waals surface area contributed by atoms with Gasteiger partial charge in [-0.1, -0.05) is 35.9 Å². The van der Waals surface area contributed by atoms with Gasteiger partial charge in [-0.05, 0) is 47.7 Å². The minimum Gasteiger partial charge on any atom is -0.354 e. The smallest absolute Gasteiger partial charge is 0.293 e. The molecule has 10 heteroatoms. The van der Waals surface area contributed by atoms with Gasteiger partial charge in [0.2, 0.25) is 5.91 Å². The van der Waals surface area contributed by atoms with Gasteiger partial charge >= 0.3 is 0 Å². The molecule has 0 spiro atoms. The maximum absolute atomic E-state index is 12.5. The molecular weight excluding hydrogens is 464 g/mol. The molecular formula is C23H19ClN4O4S. The van der Waals surface area contributed by atoms with E-state index in [1.807, 2.05) is 0 Å². The maximum Gasteiger partial charge on any atom is 0.293 e. The van der Waals surface area contributed by atoms with Crippen molar-refractivity contribution >= 4 is 57.4 Å². The fourth-order valence-electron chi connectivity index (χ4n) is 3.28. The van der Waals surface area contributed by atoms with Gasteiger partial charge in [-0.2, -0.15) is 0 Å². The molecule has 8 nitrogen and oxygen atoms in total. The molecule has 1 fully saturated rings. The predicted octanol–water partition coefficient (Wildman–Crippen LogP) is 3.36. The highest BCUT2D eigenvalue weighted by atomic mass is 35.5. The summed E-state index contributed by atoms with van der Waals surface area (Å²) >= 11 is 6.72. The van der Waals surface area contributed by atoms with E-state index in [1.54, 1.807) is 54.6 Å². The molecule has 0 radical (unpaired) electrons. The average molecular weight is 483 g/mol. The van der Waals surface area contributed by atoms with Crippen LogP contribution in [0.15, 0.2) is 58.2 Å². The Labute approximate surface area is 198 Å². The number of halogens is 1. The van der Waals surface area contributed by atoms with Gasteiger partial charge in [0.1, 0.15) is 5.82 Å². The van der Waals surface area contributed by atoms with Crippen molar-refractivity contribution in [3.63, 3.8) is 0 Å². The maximum atomic E-state index is 12.5. The lowest BCUT2D eigenvalue weighted by atomic mass is 10.2. The van der Waals surface area contributed by atoms with Crippen LogP contribution in [0.1, 0.15) is 17.8 Å². The first-order chi connectivity index (χ1) is 15.9. The number of rotatable bonds is 7. The number of carbonyl (C=O) groups is 3. The monoisotopic (exact) mass is 482 g/mol. The Balaban J connectivity index is 1.28. The Morgan fingerprint density at radius 1 is 1.12 bits per heavy atom. The van der Waals surface area contributed by atoms with Crippen molar-refractivity contribution in [1.82, 2.24) is 20.2 Å². The second-order valence-corrected chi connectivity index (χ2v) is 8.69. The second kappa shape index (κ2) is 10.0. The number of H-pyrrole nitrogens is 1. The van der Waals surface area contributed by atoms with E-state index in [4.69, 9.17) is 11.6 Å². The summed E-state index contributed by atoms with van der Waals surface area (Å²) in [5, 5.41) is 3.39. The number of aromatic amines is 1. The zero-order valence-corrected chi connectivity index (χ0v) is 18.9. The number of hydrogen-bond acceptors (Lipinski definition) is 6. The first-order valence-electron chi connectivity index (χ1n) is 10.2. The van der Waals surface area contributed by atoms with E-state index in [0.29, 0.717) is 26.7 Å². The van der Waals surface area contributed by atoms with E-state index in [0.717, 1.165) is 22.2 Å². The number of aromatic nitrogens is 2. The average Bonchev–Trinajstić information content (AvgIpc) is 3.06. The van der Waals surface area contributed by atoms with Crippen molar-refractivity contribution in [2.24, 2.45) is 0 Å². The number of amides is 3. The highest BCUT2D eigenvalue weighted by molar-refractivity contribution is 8.18. The van der Waals surface area contributed by atoms with Crippen molar-refractivity contribution < 1.29 is 14.4 Å². The highest BCUT2D eigenvalue weighted by Crippen LogP contribution is 2.32. The van der Waals surface area contributed by atoms with Crippen molar-refractivity contribution in [3.8, 4) is 0 Å². The van der Waals surface area contributed by atoms with Crippen LogP contribution in [0.2, 0.25) is 5.02 Å². The minimum atomic E-state index is -0.396. The number of imide groups is 1. The molecule has 33 heavy (non-hydrogen) atoms. The molecule has 0 saturated carbocycles. The number of hydrogen-bond donors (Lipinski definition) is 2. The highest BCUT2D eigenvalue weighted by Gasteiger charge is 2.34. The number of nitrogens with one attached hydrogen (secondary N) is 2. The summed E-state index contributed by atoms with van der Waals surface area (Å²) < 4.78 is 0.